The van der Waals surface area contributed by atoms with E-state index in [0.717, 1.165) is 16.8 Å². The maximum atomic E-state index is 12.6. The monoisotopic (exact) mass is 451 g/mol. The summed E-state index contributed by atoms with van der Waals surface area (Å²) in [6.07, 6.45) is 0. The van der Waals surface area contributed by atoms with Gasteiger partial charge in [-0.05, 0) is 70.0 Å². The number of nitrogens with one attached hydrogen (secondary N) is 2. The highest BCUT2D eigenvalue weighted by molar-refractivity contribution is 7.99. The molecule has 1 aromatic heterocycles. The summed E-state index contributed by atoms with van der Waals surface area (Å²) in [5, 5.41) is 15.1. The fourth-order valence-electron chi connectivity index (χ4n) is 3.22. The third-order valence-electron chi connectivity index (χ3n) is 5.23. The Labute approximate surface area is 193 Å². The van der Waals surface area contributed by atoms with Crippen LogP contribution in [0.5, 0.6) is 0 Å². The zero-order valence-electron chi connectivity index (χ0n) is 19.1. The minimum absolute atomic E-state index is 0.105. The molecule has 1 heterocycles. The quantitative estimate of drug-likeness (QED) is 0.494. The van der Waals surface area contributed by atoms with Gasteiger partial charge < -0.3 is 15.2 Å². The number of thioether (sulfide) groups is 1. The third-order valence-corrected chi connectivity index (χ3v) is 6.20. The summed E-state index contributed by atoms with van der Waals surface area (Å²) in [6.45, 7) is 10.5. The van der Waals surface area contributed by atoms with Crippen molar-refractivity contribution < 1.29 is 9.59 Å². The number of anilines is 1. The van der Waals surface area contributed by atoms with Gasteiger partial charge in [0.05, 0.1) is 11.8 Å². The lowest BCUT2D eigenvalue weighted by Crippen LogP contribution is -2.28. The van der Waals surface area contributed by atoms with E-state index in [9.17, 15) is 9.59 Å². The van der Waals surface area contributed by atoms with Crippen molar-refractivity contribution in [1.29, 1.82) is 0 Å². The molecule has 2 N–H and O–H groups in total. The standard InChI is InChI=1S/C24H29N5O2S/c1-6-29-22(18(5)25-23(31)19-10-7-15(2)8-11-19)27-28-24(29)32-14-21(30)26-20-12-9-16(3)17(4)13-20/h7-13,18H,6,14H2,1-5H3,(H,25,31)(H,26,30)/t18-/m1/s1. The summed E-state index contributed by atoms with van der Waals surface area (Å²) in [4.78, 5) is 25.0. The summed E-state index contributed by atoms with van der Waals surface area (Å²) in [5.74, 6) is 0.608. The van der Waals surface area contributed by atoms with Gasteiger partial charge in [-0.25, -0.2) is 0 Å². The van der Waals surface area contributed by atoms with E-state index in [4.69, 9.17) is 0 Å². The van der Waals surface area contributed by atoms with Crippen LogP contribution in [0.3, 0.4) is 0 Å². The van der Waals surface area contributed by atoms with Crippen LogP contribution in [0, 0.1) is 20.8 Å². The van der Waals surface area contributed by atoms with Gasteiger partial charge in [0.2, 0.25) is 5.91 Å². The minimum Gasteiger partial charge on any atom is -0.342 e. The van der Waals surface area contributed by atoms with Gasteiger partial charge in [0.25, 0.3) is 5.91 Å². The first-order valence-electron chi connectivity index (χ1n) is 10.6. The number of hydrogen-bond donors (Lipinski definition) is 2. The molecule has 0 saturated heterocycles. The van der Waals surface area contributed by atoms with Crippen LogP contribution in [0.2, 0.25) is 0 Å². The molecule has 168 valence electrons. The van der Waals surface area contributed by atoms with Crippen molar-refractivity contribution in [3.05, 3.63) is 70.5 Å². The Morgan fingerprint density at radius 1 is 1.03 bits per heavy atom. The number of hydrogen-bond acceptors (Lipinski definition) is 5. The van der Waals surface area contributed by atoms with Crippen LogP contribution >= 0.6 is 11.8 Å². The van der Waals surface area contributed by atoms with E-state index in [2.05, 4.69) is 20.8 Å². The average molecular weight is 452 g/mol. The molecule has 8 heteroatoms. The third kappa shape index (κ3) is 5.76. The normalized spacial score (nSPS) is 11.8. The molecule has 0 aliphatic rings. The predicted molar refractivity (Wildman–Crippen MR) is 128 cm³/mol. The number of amides is 2. The molecule has 0 unspecified atom stereocenters. The molecule has 0 spiro atoms. The molecule has 3 rings (SSSR count). The van der Waals surface area contributed by atoms with Crippen LogP contribution < -0.4 is 10.6 Å². The Bertz CT molecular complexity index is 1110. The Morgan fingerprint density at radius 2 is 1.75 bits per heavy atom. The second kappa shape index (κ2) is 10.5. The second-order valence-corrected chi connectivity index (χ2v) is 8.72. The van der Waals surface area contributed by atoms with Gasteiger partial charge in [0.15, 0.2) is 11.0 Å². The van der Waals surface area contributed by atoms with Gasteiger partial charge in [-0.3, -0.25) is 9.59 Å². The number of benzene rings is 2. The van der Waals surface area contributed by atoms with Crippen LogP contribution in [0.25, 0.3) is 0 Å². The highest BCUT2D eigenvalue weighted by atomic mass is 32.2. The van der Waals surface area contributed by atoms with E-state index in [1.807, 2.05) is 69.5 Å². The first kappa shape index (κ1) is 23.5. The molecular weight excluding hydrogens is 422 g/mol. The molecule has 3 aromatic rings. The van der Waals surface area contributed by atoms with Gasteiger partial charge in [-0.2, -0.15) is 0 Å². The first-order valence-corrected chi connectivity index (χ1v) is 11.6. The Hall–Kier alpha value is -3.13. The molecule has 0 radical (unpaired) electrons. The second-order valence-electron chi connectivity index (χ2n) is 7.78. The molecule has 2 amide bonds. The Morgan fingerprint density at radius 3 is 2.41 bits per heavy atom. The molecular formula is C24H29N5O2S. The lowest BCUT2D eigenvalue weighted by atomic mass is 10.1. The van der Waals surface area contributed by atoms with Crippen LogP contribution in [0.4, 0.5) is 5.69 Å². The van der Waals surface area contributed by atoms with Crippen molar-refractivity contribution in [2.45, 2.75) is 52.4 Å². The van der Waals surface area contributed by atoms with Gasteiger partial charge in [-0.15, -0.1) is 10.2 Å². The van der Waals surface area contributed by atoms with Crippen molar-refractivity contribution >= 4 is 29.3 Å². The smallest absolute Gasteiger partial charge is 0.251 e. The van der Waals surface area contributed by atoms with Gasteiger partial charge in [-0.1, -0.05) is 35.5 Å². The largest absolute Gasteiger partial charge is 0.342 e. The molecule has 32 heavy (non-hydrogen) atoms. The number of aryl methyl sites for hydroxylation is 3. The summed E-state index contributed by atoms with van der Waals surface area (Å²) in [6, 6.07) is 12.9. The highest BCUT2D eigenvalue weighted by Crippen LogP contribution is 2.22. The zero-order chi connectivity index (χ0) is 23.3. The van der Waals surface area contributed by atoms with E-state index < -0.39 is 0 Å². The molecule has 0 aliphatic heterocycles. The molecule has 0 bridgehead atoms. The summed E-state index contributed by atoms with van der Waals surface area (Å²) in [7, 11) is 0. The van der Waals surface area contributed by atoms with Crippen LogP contribution in [0.15, 0.2) is 47.6 Å². The van der Waals surface area contributed by atoms with Crippen molar-refractivity contribution in [2.75, 3.05) is 11.1 Å². The molecule has 0 saturated carbocycles. The zero-order valence-corrected chi connectivity index (χ0v) is 19.9. The fraction of sp³-hybridized carbons (Fsp3) is 0.333. The summed E-state index contributed by atoms with van der Waals surface area (Å²) >= 11 is 1.33. The van der Waals surface area contributed by atoms with Crippen LogP contribution in [-0.4, -0.2) is 32.3 Å². The molecule has 7 nitrogen and oxygen atoms in total. The van der Waals surface area contributed by atoms with Crippen LogP contribution in [0.1, 0.15) is 52.8 Å². The van der Waals surface area contributed by atoms with Crippen LogP contribution in [-0.2, 0) is 11.3 Å². The number of nitrogens with zero attached hydrogens (tertiary/aromatic N) is 3. The highest BCUT2D eigenvalue weighted by Gasteiger charge is 2.20. The van der Waals surface area contributed by atoms with E-state index in [1.165, 1.54) is 17.3 Å². The van der Waals surface area contributed by atoms with E-state index in [0.29, 0.717) is 23.1 Å². The topological polar surface area (TPSA) is 88.9 Å². The van der Waals surface area contributed by atoms with E-state index >= 15 is 0 Å². The Balaban J connectivity index is 1.62. The first-order chi connectivity index (χ1) is 15.3. The lowest BCUT2D eigenvalue weighted by molar-refractivity contribution is -0.113. The molecule has 2 aromatic carbocycles. The van der Waals surface area contributed by atoms with E-state index in [1.54, 1.807) is 12.1 Å². The number of aromatic nitrogens is 3. The Kier molecular flexibility index (Phi) is 7.69. The summed E-state index contributed by atoms with van der Waals surface area (Å²) in [5.41, 5.74) is 4.80. The van der Waals surface area contributed by atoms with Crippen molar-refractivity contribution in [3.63, 3.8) is 0 Å². The average Bonchev–Trinajstić information content (AvgIpc) is 3.18. The predicted octanol–water partition coefficient (Wildman–Crippen LogP) is 4.45. The van der Waals surface area contributed by atoms with Gasteiger partial charge in [0, 0.05) is 17.8 Å². The van der Waals surface area contributed by atoms with Crippen molar-refractivity contribution in [2.24, 2.45) is 0 Å². The maximum absolute atomic E-state index is 12.6. The number of carbonyl (C=O) groups is 2. The fourth-order valence-corrected chi connectivity index (χ4v) is 4.03. The van der Waals surface area contributed by atoms with Gasteiger partial charge in [0.1, 0.15) is 0 Å². The molecule has 0 fully saturated rings. The molecule has 0 aliphatic carbocycles. The summed E-state index contributed by atoms with van der Waals surface area (Å²) < 4.78 is 1.92. The molecule has 1 atom stereocenters. The SMILES string of the molecule is CCn1c(SCC(=O)Nc2ccc(C)c(C)c2)nnc1[C@@H](C)NC(=O)c1ccc(C)cc1. The number of carbonyl (C=O) groups excluding carboxylic acids is 2. The van der Waals surface area contributed by atoms with Crippen molar-refractivity contribution in [1.82, 2.24) is 20.1 Å². The maximum Gasteiger partial charge on any atom is 0.251 e. The lowest BCUT2D eigenvalue weighted by Gasteiger charge is -2.15. The van der Waals surface area contributed by atoms with E-state index in [-0.39, 0.29) is 23.6 Å². The van der Waals surface area contributed by atoms with Gasteiger partial charge >= 0.3 is 0 Å². The van der Waals surface area contributed by atoms with Crippen molar-refractivity contribution in [3.8, 4) is 0 Å². The minimum atomic E-state index is -0.324. The number of rotatable bonds is 8.